The molecule has 4 nitrogen and oxygen atoms in total. The first-order valence-corrected chi connectivity index (χ1v) is 8.90. The molecule has 2 N–H and O–H groups in total. The first-order chi connectivity index (χ1) is 12.2. The van der Waals surface area contributed by atoms with Crippen LogP contribution in [0.25, 0.3) is 10.9 Å². The summed E-state index contributed by atoms with van der Waals surface area (Å²) in [5, 5.41) is 4.88. The maximum atomic E-state index is 5.73. The Morgan fingerprint density at radius 2 is 1.80 bits per heavy atom. The Balaban J connectivity index is 1.73. The first-order valence-electron chi connectivity index (χ1n) is 8.90. The second-order valence-corrected chi connectivity index (χ2v) is 6.03. The highest BCUT2D eigenvalue weighted by molar-refractivity contribution is 5.82. The topological polar surface area (TPSA) is 46.3 Å². The molecule has 0 saturated carbocycles. The highest BCUT2D eigenvalue weighted by Crippen LogP contribution is 2.31. The van der Waals surface area contributed by atoms with Crippen molar-refractivity contribution in [2.45, 2.75) is 33.4 Å². The Hall–Kier alpha value is -2.46. The van der Waals surface area contributed by atoms with Crippen LogP contribution >= 0.6 is 0 Å². The van der Waals surface area contributed by atoms with Gasteiger partial charge < -0.3 is 19.8 Å². The summed E-state index contributed by atoms with van der Waals surface area (Å²) in [6.07, 6.45) is 1.98. The fourth-order valence-corrected chi connectivity index (χ4v) is 3.02. The Bertz CT molecular complexity index is 826. The van der Waals surface area contributed by atoms with Crippen LogP contribution in [-0.2, 0) is 6.54 Å². The van der Waals surface area contributed by atoms with Crippen molar-refractivity contribution in [2.24, 2.45) is 0 Å². The lowest BCUT2D eigenvalue weighted by atomic mass is 10.1. The Labute approximate surface area is 149 Å². The van der Waals surface area contributed by atoms with Gasteiger partial charge >= 0.3 is 0 Å². The molecule has 3 rings (SSSR count). The standard InChI is InChI=1S/C21H26N2O2/c1-4-24-20-10-9-16(13-21(20)25-5-2)15(3)23-14-17-7-6-8-19-18(17)11-12-22-19/h6-13,15,22-23H,4-5,14H2,1-3H3. The molecule has 1 aromatic heterocycles. The third-order valence-corrected chi connectivity index (χ3v) is 4.35. The van der Waals surface area contributed by atoms with Gasteiger partial charge in [-0.25, -0.2) is 0 Å². The highest BCUT2D eigenvalue weighted by atomic mass is 16.5. The highest BCUT2D eigenvalue weighted by Gasteiger charge is 2.11. The number of ether oxygens (including phenoxy) is 2. The van der Waals surface area contributed by atoms with E-state index in [4.69, 9.17) is 9.47 Å². The molecule has 3 aromatic rings. The van der Waals surface area contributed by atoms with Gasteiger partial charge in [0.1, 0.15) is 0 Å². The summed E-state index contributed by atoms with van der Waals surface area (Å²) in [5.41, 5.74) is 3.65. The van der Waals surface area contributed by atoms with Crippen LogP contribution in [0.4, 0.5) is 0 Å². The molecule has 2 aromatic carbocycles. The number of aromatic nitrogens is 1. The van der Waals surface area contributed by atoms with Crippen LogP contribution in [0.15, 0.2) is 48.7 Å². The lowest BCUT2D eigenvalue weighted by Gasteiger charge is -2.18. The van der Waals surface area contributed by atoms with E-state index >= 15 is 0 Å². The fourth-order valence-electron chi connectivity index (χ4n) is 3.02. The van der Waals surface area contributed by atoms with E-state index in [0.717, 1.165) is 18.0 Å². The van der Waals surface area contributed by atoms with Gasteiger partial charge in [0.2, 0.25) is 0 Å². The lowest BCUT2D eigenvalue weighted by Crippen LogP contribution is -2.18. The summed E-state index contributed by atoms with van der Waals surface area (Å²) in [4.78, 5) is 3.26. The minimum absolute atomic E-state index is 0.212. The minimum atomic E-state index is 0.212. The third-order valence-electron chi connectivity index (χ3n) is 4.35. The molecule has 0 bridgehead atoms. The summed E-state index contributed by atoms with van der Waals surface area (Å²) in [7, 11) is 0. The molecule has 0 spiro atoms. The molecular formula is C21H26N2O2. The lowest BCUT2D eigenvalue weighted by molar-refractivity contribution is 0.287. The monoisotopic (exact) mass is 338 g/mol. The van der Waals surface area contributed by atoms with Crippen LogP contribution in [0.1, 0.15) is 37.9 Å². The van der Waals surface area contributed by atoms with Crippen LogP contribution in [-0.4, -0.2) is 18.2 Å². The predicted octanol–water partition coefficient (Wildman–Crippen LogP) is 4.82. The van der Waals surface area contributed by atoms with Crippen LogP contribution in [0.3, 0.4) is 0 Å². The Kier molecular flexibility index (Phi) is 5.61. The average molecular weight is 338 g/mol. The molecule has 0 aliphatic rings. The van der Waals surface area contributed by atoms with Gasteiger partial charge in [-0.3, -0.25) is 0 Å². The van der Waals surface area contributed by atoms with E-state index < -0.39 is 0 Å². The zero-order chi connectivity index (χ0) is 17.6. The molecule has 4 heteroatoms. The second kappa shape index (κ2) is 8.08. The van der Waals surface area contributed by atoms with Crippen LogP contribution in [0.2, 0.25) is 0 Å². The van der Waals surface area contributed by atoms with E-state index in [-0.39, 0.29) is 6.04 Å². The summed E-state index contributed by atoms with van der Waals surface area (Å²) >= 11 is 0. The Morgan fingerprint density at radius 3 is 2.60 bits per heavy atom. The molecule has 0 fully saturated rings. The van der Waals surface area contributed by atoms with Gasteiger partial charge in [0, 0.05) is 29.7 Å². The molecule has 0 aliphatic heterocycles. The maximum Gasteiger partial charge on any atom is 0.161 e. The van der Waals surface area contributed by atoms with Crippen molar-refractivity contribution >= 4 is 10.9 Å². The van der Waals surface area contributed by atoms with E-state index in [0.29, 0.717) is 13.2 Å². The summed E-state index contributed by atoms with van der Waals surface area (Å²) in [6, 6.07) is 14.9. The summed E-state index contributed by atoms with van der Waals surface area (Å²) in [6.45, 7) is 8.21. The van der Waals surface area contributed by atoms with E-state index in [1.807, 2.05) is 26.1 Å². The van der Waals surface area contributed by atoms with Gasteiger partial charge in [0.25, 0.3) is 0 Å². The van der Waals surface area contributed by atoms with Gasteiger partial charge in [0.05, 0.1) is 13.2 Å². The van der Waals surface area contributed by atoms with Crippen molar-refractivity contribution in [3.63, 3.8) is 0 Å². The molecule has 25 heavy (non-hydrogen) atoms. The average Bonchev–Trinajstić information content (AvgIpc) is 3.11. The molecule has 1 atom stereocenters. The number of benzene rings is 2. The number of rotatable bonds is 8. The number of H-pyrrole nitrogens is 1. The molecule has 0 radical (unpaired) electrons. The van der Waals surface area contributed by atoms with Gasteiger partial charge in [-0.2, -0.15) is 0 Å². The smallest absolute Gasteiger partial charge is 0.161 e. The van der Waals surface area contributed by atoms with Crippen molar-refractivity contribution in [3.05, 3.63) is 59.8 Å². The molecular weight excluding hydrogens is 312 g/mol. The number of nitrogens with one attached hydrogen (secondary N) is 2. The molecule has 1 unspecified atom stereocenters. The number of aromatic amines is 1. The van der Waals surface area contributed by atoms with Crippen LogP contribution < -0.4 is 14.8 Å². The zero-order valence-electron chi connectivity index (χ0n) is 15.1. The molecule has 0 aliphatic carbocycles. The third kappa shape index (κ3) is 3.97. The van der Waals surface area contributed by atoms with Crippen molar-refractivity contribution in [1.29, 1.82) is 0 Å². The van der Waals surface area contributed by atoms with Gasteiger partial charge in [-0.15, -0.1) is 0 Å². The molecule has 132 valence electrons. The number of hydrogen-bond acceptors (Lipinski definition) is 3. The number of hydrogen-bond donors (Lipinski definition) is 2. The quantitative estimate of drug-likeness (QED) is 0.619. The van der Waals surface area contributed by atoms with E-state index in [2.05, 4.69) is 53.6 Å². The predicted molar refractivity (Wildman–Crippen MR) is 102 cm³/mol. The van der Waals surface area contributed by atoms with Crippen molar-refractivity contribution in [2.75, 3.05) is 13.2 Å². The normalized spacial score (nSPS) is 12.3. The summed E-state index contributed by atoms with van der Waals surface area (Å²) in [5.74, 6) is 1.61. The van der Waals surface area contributed by atoms with Crippen molar-refractivity contribution in [3.8, 4) is 11.5 Å². The van der Waals surface area contributed by atoms with Crippen LogP contribution in [0.5, 0.6) is 11.5 Å². The van der Waals surface area contributed by atoms with E-state index in [9.17, 15) is 0 Å². The van der Waals surface area contributed by atoms with Crippen molar-refractivity contribution < 1.29 is 9.47 Å². The largest absolute Gasteiger partial charge is 0.490 e. The molecule has 0 saturated heterocycles. The van der Waals surface area contributed by atoms with Gasteiger partial charge in [-0.05, 0) is 56.2 Å². The number of fused-ring (bicyclic) bond motifs is 1. The molecule has 0 amide bonds. The van der Waals surface area contributed by atoms with E-state index in [1.54, 1.807) is 0 Å². The van der Waals surface area contributed by atoms with Crippen LogP contribution in [0, 0.1) is 0 Å². The van der Waals surface area contributed by atoms with Crippen molar-refractivity contribution in [1.82, 2.24) is 10.3 Å². The van der Waals surface area contributed by atoms with Gasteiger partial charge in [-0.1, -0.05) is 18.2 Å². The molecule has 1 heterocycles. The maximum absolute atomic E-state index is 5.73. The van der Waals surface area contributed by atoms with Gasteiger partial charge in [0.15, 0.2) is 11.5 Å². The first kappa shape index (κ1) is 17.4. The second-order valence-electron chi connectivity index (χ2n) is 6.03. The summed E-state index contributed by atoms with van der Waals surface area (Å²) < 4.78 is 11.4. The zero-order valence-corrected chi connectivity index (χ0v) is 15.1. The minimum Gasteiger partial charge on any atom is -0.490 e. The Morgan fingerprint density at radius 1 is 1.00 bits per heavy atom. The van der Waals surface area contributed by atoms with E-state index in [1.165, 1.54) is 22.0 Å². The SMILES string of the molecule is CCOc1ccc(C(C)NCc2cccc3[nH]ccc23)cc1OCC. The fraction of sp³-hybridized carbons (Fsp3) is 0.333.